The summed E-state index contributed by atoms with van der Waals surface area (Å²) in [6.45, 7) is 24.7. The van der Waals surface area contributed by atoms with Crippen molar-refractivity contribution >= 4 is 11.9 Å². The van der Waals surface area contributed by atoms with Crippen LogP contribution in [0.1, 0.15) is 114 Å². The van der Waals surface area contributed by atoms with Gasteiger partial charge in [0.15, 0.2) is 0 Å². The fraction of sp³-hybridized carbons (Fsp3) is 0.895. The third-order valence-electron chi connectivity index (χ3n) is 15.7. The molecule has 3 saturated carbocycles. The highest BCUT2D eigenvalue weighted by Crippen LogP contribution is 2.75. The van der Waals surface area contributed by atoms with Gasteiger partial charge in [0.25, 0.3) is 5.95 Å². The van der Waals surface area contributed by atoms with Crippen LogP contribution in [0.3, 0.4) is 0 Å². The van der Waals surface area contributed by atoms with Crippen molar-refractivity contribution in [3.63, 3.8) is 0 Å². The van der Waals surface area contributed by atoms with Crippen molar-refractivity contribution in [2.24, 2.45) is 62.1 Å². The maximum atomic E-state index is 13.4. The zero-order valence-electron chi connectivity index (χ0n) is 31.6. The number of nitrogens with two attached hydrogens (primary N) is 1. The smallest absolute Gasteiger partial charge is 0.307 e. The monoisotopic (exact) mass is 668 g/mol. The van der Waals surface area contributed by atoms with Gasteiger partial charge in [-0.3, -0.25) is 4.79 Å². The number of tetrazole rings is 1. The zero-order valence-corrected chi connectivity index (χ0v) is 31.6. The van der Waals surface area contributed by atoms with E-state index in [1.807, 2.05) is 7.05 Å². The molecule has 0 aromatic carbocycles. The van der Waals surface area contributed by atoms with Crippen LogP contribution in [0.15, 0.2) is 11.6 Å². The number of aromatic nitrogens is 4. The van der Waals surface area contributed by atoms with Crippen molar-refractivity contribution in [1.82, 2.24) is 25.5 Å². The molecular formula is C38H64N6O4. The minimum absolute atomic E-state index is 0.0203. The summed E-state index contributed by atoms with van der Waals surface area (Å²) in [5, 5.41) is 27.7. The van der Waals surface area contributed by atoms with Crippen LogP contribution in [0.5, 0.6) is 0 Å². The van der Waals surface area contributed by atoms with Gasteiger partial charge >= 0.3 is 5.97 Å². The molecule has 10 heteroatoms. The predicted molar refractivity (Wildman–Crippen MR) is 187 cm³/mol. The van der Waals surface area contributed by atoms with Crippen LogP contribution < -0.4 is 11.1 Å². The maximum Gasteiger partial charge on any atom is 0.307 e. The zero-order chi connectivity index (χ0) is 35.2. The molecule has 0 amide bonds. The average Bonchev–Trinajstić information content (AvgIpc) is 3.43. The van der Waals surface area contributed by atoms with E-state index in [1.165, 1.54) is 5.57 Å². The molecule has 1 aliphatic heterocycles. The van der Waals surface area contributed by atoms with Gasteiger partial charge in [0.05, 0.1) is 31.8 Å². The van der Waals surface area contributed by atoms with Crippen LogP contribution in [-0.2, 0) is 14.3 Å². The molecule has 6 rings (SSSR count). The Morgan fingerprint density at radius 1 is 1.15 bits per heavy atom. The number of nitrogens with one attached hydrogen (secondary N) is 1. The summed E-state index contributed by atoms with van der Waals surface area (Å²) in [4.78, 5) is 15.2. The van der Waals surface area contributed by atoms with Gasteiger partial charge in [-0.1, -0.05) is 86.0 Å². The number of carboxylic acids is 1. The van der Waals surface area contributed by atoms with Crippen molar-refractivity contribution in [3.8, 4) is 0 Å². The molecular weight excluding hydrogens is 604 g/mol. The van der Waals surface area contributed by atoms with E-state index < -0.39 is 11.9 Å². The molecule has 4 fully saturated rings. The Balaban J connectivity index is 1.43. The van der Waals surface area contributed by atoms with E-state index in [4.69, 9.17) is 15.2 Å². The molecule has 1 aromatic rings. The number of anilines is 1. The summed E-state index contributed by atoms with van der Waals surface area (Å²) in [5.41, 5.74) is 6.33. The normalized spacial score (nSPS) is 43.8. The fourth-order valence-electron chi connectivity index (χ4n) is 12.5. The number of nitrogen functional groups attached to an aromatic ring is 1. The Hall–Kier alpha value is -2.04. The van der Waals surface area contributed by atoms with Crippen molar-refractivity contribution in [2.75, 3.05) is 32.6 Å². The Morgan fingerprint density at radius 3 is 2.44 bits per heavy atom. The minimum atomic E-state index is -0.626. The molecule has 48 heavy (non-hydrogen) atoms. The van der Waals surface area contributed by atoms with Gasteiger partial charge in [-0.2, -0.15) is 4.80 Å². The number of carbonyl (C=O) groups is 1. The molecule has 2 bridgehead atoms. The molecule has 12 atom stereocenters. The number of carboxylic acid groups (broad SMARTS) is 1. The van der Waals surface area contributed by atoms with Gasteiger partial charge in [0.2, 0.25) is 0 Å². The van der Waals surface area contributed by atoms with E-state index in [-0.39, 0.29) is 56.6 Å². The van der Waals surface area contributed by atoms with Gasteiger partial charge < -0.3 is 25.6 Å². The molecule has 4 aliphatic carbocycles. The van der Waals surface area contributed by atoms with Crippen LogP contribution in [0, 0.1) is 62.1 Å². The van der Waals surface area contributed by atoms with E-state index in [0.717, 1.165) is 38.5 Å². The highest BCUT2D eigenvalue weighted by atomic mass is 16.5. The molecule has 2 heterocycles. The van der Waals surface area contributed by atoms with Gasteiger partial charge in [0.1, 0.15) is 6.04 Å². The molecule has 0 radical (unpaired) electrons. The SMILES string of the molecule is CN[C@H](CO[C@H]1[C@H](n2nnc(N)n2)C[C@@]23COC[C@]1(C)[C@@H]2CC[C@H]1C3=CC[C@@]2(C)[C@H](C(=O)O)[C@@](C)([C@H](C)C(C)C)CC[C@]12C)C(C)(C)C. The van der Waals surface area contributed by atoms with Crippen LogP contribution >= 0.6 is 0 Å². The Bertz CT molecular complexity index is 1420. The first-order chi connectivity index (χ1) is 22.3. The Labute approximate surface area is 288 Å². The van der Waals surface area contributed by atoms with E-state index in [0.29, 0.717) is 43.5 Å². The lowest BCUT2D eigenvalue weighted by molar-refractivity contribution is -0.253. The Kier molecular flexibility index (Phi) is 8.76. The summed E-state index contributed by atoms with van der Waals surface area (Å²) in [5.74, 6) is 0.523. The number of fused-ring (bicyclic) bond motifs is 3. The minimum Gasteiger partial charge on any atom is -0.481 e. The molecule has 1 saturated heterocycles. The van der Waals surface area contributed by atoms with Crippen molar-refractivity contribution in [2.45, 2.75) is 126 Å². The standard InChI is InChI=1S/C38H64N6O4/c1-22(2)23(3)34(7)16-17-36(9)24-12-13-27-35(8)20-47-21-38(27,25(24)14-15-37(36,10)29(34)31(45)46)18-26(44-42-32(39)41-43-44)30(35)48-19-28(40-11)33(4,5)6/h14,22-24,26-30,40H,12-13,15-21H2,1-11H3,(H2,39,42)(H,45,46)/t23-,24+,26-,27+,28-,29-,30+,34-,35-,36-,37+,38+/m1/s1. The fourth-order valence-corrected chi connectivity index (χ4v) is 12.5. The lowest BCUT2D eigenvalue weighted by Gasteiger charge is -2.71. The van der Waals surface area contributed by atoms with Crippen LogP contribution in [0.25, 0.3) is 0 Å². The molecule has 5 aliphatic rings. The van der Waals surface area contributed by atoms with Crippen molar-refractivity contribution in [3.05, 3.63) is 11.6 Å². The van der Waals surface area contributed by atoms with E-state index in [1.54, 1.807) is 4.80 Å². The summed E-state index contributed by atoms with van der Waals surface area (Å²) >= 11 is 0. The van der Waals surface area contributed by atoms with Gasteiger partial charge in [0, 0.05) is 16.9 Å². The maximum absolute atomic E-state index is 13.4. The van der Waals surface area contributed by atoms with E-state index in [2.05, 4.69) is 96.0 Å². The lowest BCUT2D eigenvalue weighted by atomic mass is 9.34. The average molecular weight is 669 g/mol. The Morgan fingerprint density at radius 2 is 1.85 bits per heavy atom. The summed E-state index contributed by atoms with van der Waals surface area (Å²) in [7, 11) is 2.01. The number of aliphatic carboxylic acids is 1. The number of ether oxygens (including phenoxy) is 2. The van der Waals surface area contributed by atoms with Crippen LogP contribution in [0.2, 0.25) is 0 Å². The summed E-state index contributed by atoms with van der Waals surface area (Å²) < 4.78 is 13.7. The quantitative estimate of drug-likeness (QED) is 0.269. The molecule has 270 valence electrons. The van der Waals surface area contributed by atoms with Crippen molar-refractivity contribution in [1.29, 1.82) is 0 Å². The molecule has 0 unspecified atom stereocenters. The van der Waals surface area contributed by atoms with Gasteiger partial charge in [-0.05, 0) is 96.1 Å². The van der Waals surface area contributed by atoms with Gasteiger partial charge in [-0.15, -0.1) is 5.10 Å². The molecule has 0 spiro atoms. The number of rotatable bonds is 8. The topological polar surface area (TPSA) is 137 Å². The molecule has 10 nitrogen and oxygen atoms in total. The van der Waals surface area contributed by atoms with Crippen LogP contribution in [-0.4, -0.2) is 70.3 Å². The number of hydrogen-bond acceptors (Lipinski definition) is 8. The third-order valence-corrected chi connectivity index (χ3v) is 15.7. The summed E-state index contributed by atoms with van der Waals surface area (Å²) in [6.07, 6.45) is 7.97. The second-order valence-corrected chi connectivity index (χ2v) is 19.0. The number of likely N-dealkylation sites (N-methyl/N-ethyl adjacent to an activating group) is 1. The number of hydrogen-bond donors (Lipinski definition) is 3. The summed E-state index contributed by atoms with van der Waals surface area (Å²) in [6, 6.07) is 0.00483. The number of allylic oxidation sites excluding steroid dienone is 1. The number of nitrogens with zero attached hydrogens (tertiary/aromatic N) is 4. The first-order valence-corrected chi connectivity index (χ1v) is 18.6. The van der Waals surface area contributed by atoms with Gasteiger partial charge in [-0.25, -0.2) is 0 Å². The molecule has 1 aromatic heterocycles. The predicted octanol–water partition coefficient (Wildman–Crippen LogP) is 6.40. The largest absolute Gasteiger partial charge is 0.481 e. The second-order valence-electron chi connectivity index (χ2n) is 19.0. The highest BCUT2D eigenvalue weighted by Gasteiger charge is 2.72. The molecule has 4 N–H and O–H groups in total. The first kappa shape index (κ1) is 35.8. The second kappa shape index (κ2) is 11.8. The van der Waals surface area contributed by atoms with E-state index >= 15 is 0 Å². The first-order valence-electron chi connectivity index (χ1n) is 18.6. The third kappa shape index (κ3) is 4.95. The highest BCUT2D eigenvalue weighted by molar-refractivity contribution is 5.73. The lowest BCUT2D eigenvalue weighted by Crippen LogP contribution is -2.69. The van der Waals surface area contributed by atoms with E-state index in [9.17, 15) is 9.90 Å². The van der Waals surface area contributed by atoms with Crippen LogP contribution in [0.4, 0.5) is 5.95 Å². The van der Waals surface area contributed by atoms with Crippen molar-refractivity contribution < 1.29 is 19.4 Å².